The number of esters is 1. The third-order valence-corrected chi connectivity index (χ3v) is 6.61. The molecule has 1 saturated heterocycles. The van der Waals surface area contributed by atoms with Crippen LogP contribution in [0.25, 0.3) is 22.3 Å². The topological polar surface area (TPSA) is 245 Å². The Kier molecular flexibility index (Phi) is 8.24. The summed E-state index contributed by atoms with van der Waals surface area (Å²) in [6.45, 7) is 0.395. The van der Waals surface area contributed by atoms with Gasteiger partial charge in [0.05, 0.1) is 24.0 Å². The number of aliphatic hydroxyl groups excluding tert-OH is 3. The van der Waals surface area contributed by atoms with Crippen molar-refractivity contribution >= 4 is 22.9 Å². The number of carbonyl (C=O) groups is 2. The minimum absolute atomic E-state index is 0.0430. The molecular weight excluding hydrogens is 548 g/mol. The van der Waals surface area contributed by atoms with Crippen LogP contribution in [0.15, 0.2) is 45.6 Å². The van der Waals surface area contributed by atoms with E-state index in [1.54, 1.807) is 0 Å². The molecule has 14 nitrogen and oxygen atoms in total. The van der Waals surface area contributed by atoms with Gasteiger partial charge in [-0.05, 0) is 31.2 Å². The van der Waals surface area contributed by atoms with Gasteiger partial charge < -0.3 is 54.7 Å². The van der Waals surface area contributed by atoms with Gasteiger partial charge in [0, 0.05) is 17.7 Å². The zero-order valence-corrected chi connectivity index (χ0v) is 21.5. The Balaban J connectivity index is 1.69. The third-order valence-electron chi connectivity index (χ3n) is 6.61. The summed E-state index contributed by atoms with van der Waals surface area (Å²) in [5.74, 6) is -3.86. The lowest BCUT2D eigenvalue weighted by Crippen LogP contribution is -2.55. The van der Waals surface area contributed by atoms with E-state index in [0.717, 1.165) is 19.1 Å². The van der Waals surface area contributed by atoms with Crippen molar-refractivity contribution in [2.24, 2.45) is 0 Å². The molecule has 1 fully saturated rings. The summed E-state index contributed by atoms with van der Waals surface area (Å²) < 4.78 is 16.6. The van der Waals surface area contributed by atoms with Gasteiger partial charge in [0.15, 0.2) is 11.0 Å². The number of aromatic hydroxyl groups is 3. The van der Waals surface area contributed by atoms with Crippen molar-refractivity contribution in [2.75, 3.05) is 6.61 Å². The lowest BCUT2D eigenvalue weighted by atomic mass is 9.89. The van der Waals surface area contributed by atoms with Crippen molar-refractivity contribution in [3.63, 3.8) is 0 Å². The van der Waals surface area contributed by atoms with E-state index in [1.807, 2.05) is 0 Å². The number of benzene rings is 2. The van der Waals surface area contributed by atoms with Crippen molar-refractivity contribution in [3.8, 4) is 28.6 Å². The van der Waals surface area contributed by atoms with E-state index in [9.17, 15) is 50.1 Å². The summed E-state index contributed by atoms with van der Waals surface area (Å²) in [6, 6.07) is 7.41. The van der Waals surface area contributed by atoms with Crippen molar-refractivity contribution in [3.05, 3.63) is 52.2 Å². The maximum Gasteiger partial charge on any atom is 0.308 e. The Bertz CT molecular complexity index is 1510. The molecule has 41 heavy (non-hydrogen) atoms. The van der Waals surface area contributed by atoms with E-state index in [2.05, 4.69) is 0 Å². The standard InChI is InChI=1S/C27H28O14/c1-27(38,8-18(32)33)9-19(34)39-10-17-22(35)23(36)24(37)26(41-17)21-14(30)6-13(29)20-15(31)7-16(40-25(20)21)11-2-4-12(28)5-3-11/h2-7,17,22-24,26,28-30,35-38H,8-10H2,1H3,(H,32,33)/t17-,22-,23+,24-,26+,27?/m1/s1. The van der Waals surface area contributed by atoms with Gasteiger partial charge in [-0.3, -0.25) is 14.4 Å². The van der Waals surface area contributed by atoms with E-state index < -0.39 is 90.0 Å². The number of carboxylic acids is 1. The van der Waals surface area contributed by atoms with Crippen LogP contribution in [0.4, 0.5) is 0 Å². The summed E-state index contributed by atoms with van der Waals surface area (Å²) in [7, 11) is 0. The highest BCUT2D eigenvalue weighted by Crippen LogP contribution is 2.43. The zero-order chi connectivity index (χ0) is 30.2. The first kappa shape index (κ1) is 29.8. The smallest absolute Gasteiger partial charge is 0.308 e. The molecule has 1 unspecified atom stereocenters. The van der Waals surface area contributed by atoms with Crippen LogP contribution in [-0.2, 0) is 19.1 Å². The molecule has 0 aliphatic carbocycles. The predicted octanol–water partition coefficient (Wildman–Crippen LogP) is 0.258. The number of carboxylic acid groups (broad SMARTS) is 1. The highest BCUT2D eigenvalue weighted by atomic mass is 16.6. The number of rotatable bonds is 8. The molecule has 0 radical (unpaired) electrons. The van der Waals surface area contributed by atoms with Gasteiger partial charge in [-0.25, -0.2) is 0 Å². The first-order valence-electron chi connectivity index (χ1n) is 12.3. The molecule has 1 aromatic heterocycles. The molecule has 0 saturated carbocycles. The molecule has 6 atom stereocenters. The number of carbonyl (C=O) groups excluding carboxylic acids is 1. The summed E-state index contributed by atoms with van der Waals surface area (Å²) in [5.41, 5.74) is -3.12. The Hall–Kier alpha value is -4.21. The SMILES string of the molecule is CC(O)(CC(=O)O)CC(=O)OC[C@H]1O[C@@H](c2c(O)cc(O)c3c(=O)cc(-c4ccc(O)cc4)oc23)[C@H](O)[C@@H](O)[C@@H]1O. The number of hydrogen-bond acceptors (Lipinski definition) is 13. The molecule has 220 valence electrons. The van der Waals surface area contributed by atoms with E-state index >= 15 is 0 Å². The van der Waals surface area contributed by atoms with E-state index in [0.29, 0.717) is 5.56 Å². The Morgan fingerprint density at radius 2 is 1.61 bits per heavy atom. The Morgan fingerprint density at radius 1 is 0.951 bits per heavy atom. The fourth-order valence-corrected chi connectivity index (χ4v) is 4.62. The number of hydrogen-bond donors (Lipinski definition) is 8. The maximum absolute atomic E-state index is 13.0. The summed E-state index contributed by atoms with van der Waals surface area (Å²) in [4.78, 5) is 36.1. The van der Waals surface area contributed by atoms with E-state index in [-0.39, 0.29) is 22.5 Å². The van der Waals surface area contributed by atoms with Crippen LogP contribution in [0.2, 0.25) is 0 Å². The molecule has 1 aliphatic rings. The number of phenolic OH excluding ortho intramolecular Hbond substituents is 3. The Morgan fingerprint density at radius 3 is 2.24 bits per heavy atom. The van der Waals surface area contributed by atoms with Crippen LogP contribution in [-0.4, -0.2) is 89.4 Å². The molecular formula is C27H28O14. The van der Waals surface area contributed by atoms with Crippen LogP contribution in [0.5, 0.6) is 17.2 Å². The van der Waals surface area contributed by atoms with Crippen molar-refractivity contribution < 1.29 is 64.3 Å². The lowest BCUT2D eigenvalue weighted by Gasteiger charge is -2.40. The molecule has 2 heterocycles. The third kappa shape index (κ3) is 6.26. The molecule has 1 aliphatic heterocycles. The second-order valence-corrected chi connectivity index (χ2v) is 10.0. The molecule has 3 aromatic rings. The summed E-state index contributed by atoms with van der Waals surface area (Å²) >= 11 is 0. The molecule has 0 spiro atoms. The highest BCUT2D eigenvalue weighted by molar-refractivity contribution is 5.89. The van der Waals surface area contributed by atoms with Gasteiger partial charge in [-0.2, -0.15) is 0 Å². The number of aliphatic carboxylic acids is 1. The predicted molar refractivity (Wildman–Crippen MR) is 137 cm³/mol. The number of ether oxygens (including phenoxy) is 2. The molecule has 14 heteroatoms. The second-order valence-electron chi connectivity index (χ2n) is 10.0. The molecule has 0 bridgehead atoms. The van der Waals surface area contributed by atoms with Crippen molar-refractivity contribution in [1.82, 2.24) is 0 Å². The Labute approximate surface area is 230 Å². The highest BCUT2D eigenvalue weighted by Gasteiger charge is 2.47. The summed E-state index contributed by atoms with van der Waals surface area (Å²) in [6.07, 6.45) is -10.3. The maximum atomic E-state index is 13.0. The van der Waals surface area contributed by atoms with E-state index in [4.69, 9.17) is 19.0 Å². The first-order chi connectivity index (χ1) is 19.2. The largest absolute Gasteiger partial charge is 0.508 e. The molecule has 8 N–H and O–H groups in total. The molecule has 4 rings (SSSR count). The van der Waals surface area contributed by atoms with Gasteiger partial charge in [-0.15, -0.1) is 0 Å². The number of aliphatic hydroxyl groups is 4. The van der Waals surface area contributed by atoms with E-state index in [1.165, 1.54) is 24.3 Å². The fourth-order valence-electron chi connectivity index (χ4n) is 4.62. The minimum atomic E-state index is -1.93. The second kappa shape index (κ2) is 11.3. The zero-order valence-electron chi connectivity index (χ0n) is 21.5. The van der Waals surface area contributed by atoms with Gasteiger partial charge >= 0.3 is 11.9 Å². The van der Waals surface area contributed by atoms with Crippen LogP contribution < -0.4 is 5.43 Å². The molecule has 2 aromatic carbocycles. The van der Waals surface area contributed by atoms with Gasteiger partial charge in [0.2, 0.25) is 0 Å². The normalized spacial score (nSPS) is 24.1. The van der Waals surface area contributed by atoms with Gasteiger partial charge in [-0.1, -0.05) is 0 Å². The monoisotopic (exact) mass is 576 g/mol. The van der Waals surface area contributed by atoms with Crippen LogP contribution in [0.1, 0.15) is 31.4 Å². The van der Waals surface area contributed by atoms with Gasteiger partial charge in [0.25, 0.3) is 0 Å². The molecule has 0 amide bonds. The average Bonchev–Trinajstić information content (AvgIpc) is 2.86. The van der Waals surface area contributed by atoms with Crippen molar-refractivity contribution in [2.45, 2.75) is 55.9 Å². The number of phenols is 3. The first-order valence-corrected chi connectivity index (χ1v) is 12.3. The van der Waals surface area contributed by atoms with Gasteiger partial charge in [0.1, 0.15) is 65.5 Å². The average molecular weight is 577 g/mol. The van der Waals surface area contributed by atoms with Crippen LogP contribution in [0, 0.1) is 0 Å². The quantitative estimate of drug-likeness (QED) is 0.168. The van der Waals surface area contributed by atoms with Crippen LogP contribution in [0.3, 0.4) is 0 Å². The van der Waals surface area contributed by atoms with Crippen LogP contribution >= 0.6 is 0 Å². The summed E-state index contributed by atoms with van der Waals surface area (Å²) in [5, 5.41) is 81.1. The lowest BCUT2D eigenvalue weighted by molar-refractivity contribution is -0.235. The minimum Gasteiger partial charge on any atom is -0.508 e. The number of fused-ring (bicyclic) bond motifs is 1. The van der Waals surface area contributed by atoms with Crippen molar-refractivity contribution in [1.29, 1.82) is 0 Å². The fraction of sp³-hybridized carbons (Fsp3) is 0.370.